The van der Waals surface area contributed by atoms with Gasteiger partial charge in [-0.25, -0.2) is 0 Å². The highest BCUT2D eigenvalue weighted by Crippen LogP contribution is 2.22. The van der Waals surface area contributed by atoms with E-state index in [-0.39, 0.29) is 0 Å². The first-order valence-corrected chi connectivity index (χ1v) is 5.73. The fourth-order valence-corrected chi connectivity index (χ4v) is 2.22. The number of furan rings is 1. The van der Waals surface area contributed by atoms with Crippen molar-refractivity contribution in [3.8, 4) is 0 Å². The van der Waals surface area contributed by atoms with E-state index in [0.717, 1.165) is 36.4 Å². The van der Waals surface area contributed by atoms with Gasteiger partial charge in [0, 0.05) is 6.54 Å². The van der Waals surface area contributed by atoms with Crippen molar-refractivity contribution in [1.82, 2.24) is 4.90 Å². The van der Waals surface area contributed by atoms with Crippen molar-refractivity contribution < 1.29 is 4.42 Å². The molecule has 2 N–H and O–H groups in total. The summed E-state index contributed by atoms with van der Waals surface area (Å²) >= 11 is 3.46. The van der Waals surface area contributed by atoms with E-state index in [1.165, 1.54) is 6.42 Å². The lowest BCUT2D eigenvalue weighted by Crippen LogP contribution is -2.22. The van der Waals surface area contributed by atoms with Gasteiger partial charge in [0.2, 0.25) is 0 Å². The van der Waals surface area contributed by atoms with Crippen molar-refractivity contribution in [2.45, 2.75) is 13.0 Å². The van der Waals surface area contributed by atoms with E-state index in [1.807, 2.05) is 6.07 Å². The standard InChI is InChI=1S/C10H15BrN2O/c11-9-2-4-14-10(9)7-13-3-1-8(5-12)6-13/h2,4,8H,1,3,5-7,12H2. The fraction of sp³-hybridized carbons (Fsp3) is 0.600. The predicted octanol–water partition coefficient (Wildman–Crippen LogP) is 1.82. The minimum atomic E-state index is 0.670. The molecule has 0 saturated carbocycles. The van der Waals surface area contributed by atoms with Gasteiger partial charge in [0.05, 0.1) is 17.3 Å². The topological polar surface area (TPSA) is 42.4 Å². The molecule has 14 heavy (non-hydrogen) atoms. The van der Waals surface area contributed by atoms with Gasteiger partial charge in [0.25, 0.3) is 0 Å². The molecule has 1 saturated heterocycles. The van der Waals surface area contributed by atoms with Crippen LogP contribution in [0.1, 0.15) is 12.2 Å². The van der Waals surface area contributed by atoms with Crippen LogP contribution in [0.3, 0.4) is 0 Å². The molecule has 0 spiro atoms. The third-order valence-corrected chi connectivity index (χ3v) is 3.47. The summed E-state index contributed by atoms with van der Waals surface area (Å²) in [5.74, 6) is 1.69. The Morgan fingerprint density at radius 2 is 2.50 bits per heavy atom. The highest BCUT2D eigenvalue weighted by Gasteiger charge is 2.22. The Balaban J connectivity index is 1.90. The first-order chi connectivity index (χ1) is 6.79. The average Bonchev–Trinajstić information content (AvgIpc) is 2.77. The molecule has 0 amide bonds. The minimum absolute atomic E-state index is 0.670. The van der Waals surface area contributed by atoms with E-state index < -0.39 is 0 Å². The molecule has 3 nitrogen and oxygen atoms in total. The highest BCUT2D eigenvalue weighted by molar-refractivity contribution is 9.10. The molecule has 78 valence electrons. The van der Waals surface area contributed by atoms with Gasteiger partial charge in [-0.05, 0) is 47.4 Å². The number of hydrogen-bond acceptors (Lipinski definition) is 3. The second-order valence-electron chi connectivity index (χ2n) is 3.82. The summed E-state index contributed by atoms with van der Waals surface area (Å²) in [5.41, 5.74) is 5.64. The van der Waals surface area contributed by atoms with E-state index >= 15 is 0 Å². The van der Waals surface area contributed by atoms with Crippen LogP contribution in [0.5, 0.6) is 0 Å². The van der Waals surface area contributed by atoms with Crippen LogP contribution in [0, 0.1) is 5.92 Å². The minimum Gasteiger partial charge on any atom is -0.467 e. The maximum atomic E-state index is 5.64. The van der Waals surface area contributed by atoms with Gasteiger partial charge in [-0.2, -0.15) is 0 Å². The van der Waals surface area contributed by atoms with Gasteiger partial charge in [0.15, 0.2) is 0 Å². The molecule has 0 radical (unpaired) electrons. The average molecular weight is 259 g/mol. The van der Waals surface area contributed by atoms with Crippen molar-refractivity contribution >= 4 is 15.9 Å². The van der Waals surface area contributed by atoms with Crippen molar-refractivity contribution in [3.05, 3.63) is 22.6 Å². The monoisotopic (exact) mass is 258 g/mol. The zero-order valence-electron chi connectivity index (χ0n) is 8.08. The molecular weight excluding hydrogens is 244 g/mol. The van der Waals surface area contributed by atoms with Crippen LogP contribution in [0.25, 0.3) is 0 Å². The fourth-order valence-electron chi connectivity index (χ4n) is 1.89. The Morgan fingerprint density at radius 3 is 3.07 bits per heavy atom. The van der Waals surface area contributed by atoms with Crippen molar-refractivity contribution in [2.24, 2.45) is 11.7 Å². The Hall–Kier alpha value is -0.320. The molecule has 2 rings (SSSR count). The summed E-state index contributed by atoms with van der Waals surface area (Å²) in [5, 5.41) is 0. The van der Waals surface area contributed by atoms with Gasteiger partial charge in [-0.1, -0.05) is 0 Å². The van der Waals surface area contributed by atoms with Gasteiger partial charge in [-0.15, -0.1) is 0 Å². The van der Waals surface area contributed by atoms with E-state index in [4.69, 9.17) is 10.2 Å². The van der Waals surface area contributed by atoms with Crippen LogP contribution in [-0.2, 0) is 6.54 Å². The van der Waals surface area contributed by atoms with Crippen molar-refractivity contribution in [1.29, 1.82) is 0 Å². The molecule has 1 fully saturated rings. The molecule has 2 heterocycles. The quantitative estimate of drug-likeness (QED) is 0.900. The molecule has 1 aromatic heterocycles. The molecule has 1 unspecified atom stereocenters. The summed E-state index contributed by atoms with van der Waals surface area (Å²) in [6.07, 6.45) is 2.94. The van der Waals surface area contributed by atoms with E-state index in [9.17, 15) is 0 Å². The zero-order chi connectivity index (χ0) is 9.97. The first-order valence-electron chi connectivity index (χ1n) is 4.94. The molecule has 1 aliphatic rings. The van der Waals surface area contributed by atoms with Gasteiger partial charge < -0.3 is 10.2 Å². The lowest BCUT2D eigenvalue weighted by atomic mass is 10.1. The molecule has 1 aliphatic heterocycles. The summed E-state index contributed by atoms with van der Waals surface area (Å²) in [6, 6.07) is 1.94. The normalized spacial score (nSPS) is 23.1. The highest BCUT2D eigenvalue weighted by atomic mass is 79.9. The largest absolute Gasteiger partial charge is 0.467 e. The molecule has 0 aliphatic carbocycles. The van der Waals surface area contributed by atoms with E-state index in [1.54, 1.807) is 6.26 Å². The molecule has 1 atom stereocenters. The number of likely N-dealkylation sites (tertiary alicyclic amines) is 1. The molecule has 4 heteroatoms. The smallest absolute Gasteiger partial charge is 0.131 e. The van der Waals surface area contributed by atoms with Gasteiger partial charge in [0.1, 0.15) is 5.76 Å². The molecule has 1 aromatic rings. The van der Waals surface area contributed by atoms with Gasteiger partial charge >= 0.3 is 0 Å². The second-order valence-corrected chi connectivity index (χ2v) is 4.67. The van der Waals surface area contributed by atoms with E-state index in [0.29, 0.717) is 5.92 Å². The summed E-state index contributed by atoms with van der Waals surface area (Å²) in [7, 11) is 0. The molecule has 0 bridgehead atoms. The second kappa shape index (κ2) is 4.47. The third-order valence-electron chi connectivity index (χ3n) is 2.76. The number of nitrogens with two attached hydrogens (primary N) is 1. The zero-order valence-corrected chi connectivity index (χ0v) is 9.66. The Morgan fingerprint density at radius 1 is 1.64 bits per heavy atom. The van der Waals surface area contributed by atoms with Crippen LogP contribution < -0.4 is 5.73 Å². The molecular formula is C10H15BrN2O. The summed E-state index contributed by atoms with van der Waals surface area (Å²) in [6.45, 7) is 3.93. The van der Waals surface area contributed by atoms with Crippen LogP contribution in [0.2, 0.25) is 0 Å². The van der Waals surface area contributed by atoms with Crippen molar-refractivity contribution in [2.75, 3.05) is 19.6 Å². The van der Waals surface area contributed by atoms with Crippen LogP contribution in [0.4, 0.5) is 0 Å². The Bertz CT molecular complexity index is 300. The summed E-state index contributed by atoms with van der Waals surface area (Å²) < 4.78 is 6.44. The Kier molecular flexibility index (Phi) is 3.26. The Labute approximate surface area is 92.4 Å². The lowest BCUT2D eigenvalue weighted by Gasteiger charge is -2.13. The van der Waals surface area contributed by atoms with Crippen LogP contribution >= 0.6 is 15.9 Å². The van der Waals surface area contributed by atoms with Crippen LogP contribution in [0.15, 0.2) is 21.2 Å². The molecule has 0 aromatic carbocycles. The lowest BCUT2D eigenvalue weighted by molar-refractivity contribution is 0.286. The maximum Gasteiger partial charge on any atom is 0.131 e. The van der Waals surface area contributed by atoms with E-state index in [2.05, 4.69) is 20.8 Å². The van der Waals surface area contributed by atoms with Crippen molar-refractivity contribution in [3.63, 3.8) is 0 Å². The van der Waals surface area contributed by atoms with Crippen LogP contribution in [-0.4, -0.2) is 24.5 Å². The SMILES string of the molecule is NCC1CCN(Cc2occc2Br)C1. The predicted molar refractivity (Wildman–Crippen MR) is 58.8 cm³/mol. The van der Waals surface area contributed by atoms with Gasteiger partial charge in [-0.3, -0.25) is 4.90 Å². The maximum absolute atomic E-state index is 5.64. The summed E-state index contributed by atoms with van der Waals surface area (Å²) in [4.78, 5) is 2.39. The number of rotatable bonds is 3. The third kappa shape index (κ3) is 2.19. The number of hydrogen-bond donors (Lipinski definition) is 1. The number of halogens is 1. The number of nitrogens with zero attached hydrogens (tertiary/aromatic N) is 1. The first kappa shape index (κ1) is 10.2.